The van der Waals surface area contributed by atoms with Gasteiger partial charge in [0.25, 0.3) is 11.8 Å². The number of nitrogens with zero attached hydrogens (tertiary/aromatic N) is 2. The highest BCUT2D eigenvalue weighted by Crippen LogP contribution is 2.19. The molecule has 0 fully saturated rings. The van der Waals surface area contributed by atoms with E-state index in [1.807, 2.05) is 54.6 Å². The van der Waals surface area contributed by atoms with Gasteiger partial charge in [-0.15, -0.1) is 0 Å². The third-order valence-electron chi connectivity index (χ3n) is 7.26. The number of methoxy groups -OCH3 is 1. The first-order chi connectivity index (χ1) is 22.5. The third kappa shape index (κ3) is 10.9. The molecule has 3 aromatic carbocycles. The minimum absolute atomic E-state index is 0.0288. The maximum absolute atomic E-state index is 13.7. The zero-order valence-electron chi connectivity index (χ0n) is 26.6. The lowest BCUT2D eigenvalue weighted by molar-refractivity contribution is 0.0830. The number of aryl methyl sites for hydroxylation is 1. The van der Waals surface area contributed by atoms with Crippen LogP contribution in [0, 0.1) is 6.92 Å². The minimum atomic E-state index is -3.72. The molecule has 0 unspecified atom stereocenters. The second-order valence-electron chi connectivity index (χ2n) is 10.9. The van der Waals surface area contributed by atoms with Crippen LogP contribution in [0.25, 0.3) is 0 Å². The number of carbonyl (C=O) groups excluding carboxylic acids is 2. The fourth-order valence-electron chi connectivity index (χ4n) is 4.74. The minimum Gasteiger partial charge on any atom is -0.497 e. The van der Waals surface area contributed by atoms with E-state index in [1.165, 1.54) is 25.1 Å². The number of hydrogen-bond acceptors (Lipinski definition) is 9. The normalized spacial score (nSPS) is 12.5. The molecule has 4 rings (SSSR count). The predicted octanol–water partition coefficient (Wildman–Crippen LogP) is 2.98. The van der Waals surface area contributed by atoms with Crippen molar-refractivity contribution in [1.82, 2.24) is 25.9 Å². The Hall–Kier alpha value is -4.85. The smallest absolute Gasteiger partial charge is 0.251 e. The Balaban J connectivity index is 1.54. The molecule has 4 aromatic rings. The summed E-state index contributed by atoms with van der Waals surface area (Å²) in [6.07, 6.45) is 0.908. The summed E-state index contributed by atoms with van der Waals surface area (Å²) in [6, 6.07) is 22.1. The highest BCUT2D eigenvalue weighted by molar-refractivity contribution is 7.92. The summed E-state index contributed by atoms with van der Waals surface area (Å²) in [5, 5.41) is 20.1. The largest absolute Gasteiger partial charge is 0.497 e. The van der Waals surface area contributed by atoms with E-state index in [9.17, 15) is 23.1 Å². The van der Waals surface area contributed by atoms with E-state index >= 15 is 0 Å². The fourth-order valence-corrected chi connectivity index (χ4v) is 5.36. The highest BCUT2D eigenvalue weighted by atomic mass is 32.2. The van der Waals surface area contributed by atoms with Crippen molar-refractivity contribution in [2.75, 3.05) is 24.1 Å². The number of aromatic nitrogens is 2. The summed E-state index contributed by atoms with van der Waals surface area (Å²) >= 11 is 0. The number of amides is 2. The molecule has 0 aliphatic heterocycles. The molecule has 2 amide bonds. The van der Waals surface area contributed by atoms with Gasteiger partial charge < -0.3 is 25.8 Å². The number of rotatable bonds is 16. The molecule has 248 valence electrons. The van der Waals surface area contributed by atoms with Gasteiger partial charge in [-0.3, -0.25) is 14.3 Å². The van der Waals surface area contributed by atoms with Gasteiger partial charge in [-0.25, -0.2) is 18.4 Å². The molecule has 13 heteroatoms. The summed E-state index contributed by atoms with van der Waals surface area (Å²) in [5.41, 5.74) is 2.74. The molecule has 47 heavy (non-hydrogen) atoms. The van der Waals surface area contributed by atoms with E-state index in [1.54, 1.807) is 26.3 Å². The monoisotopic (exact) mass is 660 g/mol. The van der Waals surface area contributed by atoms with E-state index in [-0.39, 0.29) is 35.7 Å². The first-order valence-electron chi connectivity index (χ1n) is 15.1. The molecule has 0 saturated heterocycles. The number of nitrogens with one attached hydrogen (secondary N) is 4. The molecule has 0 spiro atoms. The third-order valence-corrected chi connectivity index (χ3v) is 8.57. The van der Waals surface area contributed by atoms with Gasteiger partial charge in [-0.1, -0.05) is 42.5 Å². The van der Waals surface area contributed by atoms with Crippen LogP contribution in [-0.2, 0) is 29.5 Å². The van der Waals surface area contributed by atoms with Crippen molar-refractivity contribution >= 4 is 27.5 Å². The first kappa shape index (κ1) is 35.0. The number of ether oxygens (including phenoxy) is 1. The number of sulfonamides is 1. The lowest BCUT2D eigenvalue weighted by Gasteiger charge is -2.25. The second-order valence-corrected chi connectivity index (χ2v) is 12.9. The fraction of sp³-hybridized carbons (Fsp3) is 0.294. The van der Waals surface area contributed by atoms with Gasteiger partial charge in [0.2, 0.25) is 10.0 Å². The lowest BCUT2D eigenvalue weighted by atomic mass is 10.00. The van der Waals surface area contributed by atoms with E-state index < -0.39 is 34.0 Å². The number of benzene rings is 3. The predicted molar refractivity (Wildman–Crippen MR) is 180 cm³/mol. The Bertz CT molecular complexity index is 1770. The maximum Gasteiger partial charge on any atom is 0.251 e. The molecule has 0 bridgehead atoms. The summed E-state index contributed by atoms with van der Waals surface area (Å²) in [6.45, 7) is 3.94. The van der Waals surface area contributed by atoms with Crippen LogP contribution in [0.2, 0.25) is 0 Å². The van der Waals surface area contributed by atoms with Gasteiger partial charge >= 0.3 is 0 Å². The molecule has 0 saturated carbocycles. The Morgan fingerprint density at radius 1 is 0.915 bits per heavy atom. The van der Waals surface area contributed by atoms with Crippen LogP contribution in [-0.4, -0.2) is 66.9 Å². The number of hydrogen-bond donors (Lipinski definition) is 5. The number of aliphatic hydroxyl groups excluding tert-OH is 1. The van der Waals surface area contributed by atoms with Crippen LogP contribution < -0.4 is 25.4 Å². The Kier molecular flexibility index (Phi) is 12.4. The highest BCUT2D eigenvalue weighted by Gasteiger charge is 2.24. The molecule has 1 aromatic heterocycles. The van der Waals surface area contributed by atoms with Crippen LogP contribution in [0.15, 0.2) is 85.1 Å². The second kappa shape index (κ2) is 16.6. The molecular formula is C34H40N6O6S. The summed E-state index contributed by atoms with van der Waals surface area (Å²) < 4.78 is 32.5. The Labute approximate surface area is 275 Å². The van der Waals surface area contributed by atoms with Crippen molar-refractivity contribution in [2.45, 2.75) is 45.5 Å². The van der Waals surface area contributed by atoms with Crippen LogP contribution in [0.5, 0.6) is 5.75 Å². The maximum atomic E-state index is 13.7. The zero-order chi connectivity index (χ0) is 33.8. The van der Waals surface area contributed by atoms with Crippen molar-refractivity contribution in [1.29, 1.82) is 0 Å². The van der Waals surface area contributed by atoms with Gasteiger partial charge in [0.15, 0.2) is 0 Å². The van der Waals surface area contributed by atoms with Crippen molar-refractivity contribution in [3.05, 3.63) is 119 Å². The lowest BCUT2D eigenvalue weighted by Crippen LogP contribution is -2.48. The topological polar surface area (TPSA) is 172 Å². The molecule has 0 radical (unpaired) electrons. The molecule has 12 nitrogen and oxygen atoms in total. The molecule has 5 N–H and O–H groups in total. The molecule has 2 atom stereocenters. The summed E-state index contributed by atoms with van der Waals surface area (Å²) in [5.74, 6) is -0.226. The van der Waals surface area contributed by atoms with Crippen molar-refractivity contribution in [3.8, 4) is 5.75 Å². The Morgan fingerprint density at radius 2 is 1.64 bits per heavy atom. The zero-order valence-corrected chi connectivity index (χ0v) is 27.4. The van der Waals surface area contributed by atoms with E-state index in [2.05, 4.69) is 30.6 Å². The van der Waals surface area contributed by atoms with Gasteiger partial charge in [0, 0.05) is 36.1 Å². The first-order valence-corrected chi connectivity index (χ1v) is 16.8. The Morgan fingerprint density at radius 3 is 2.34 bits per heavy atom. The molecular weight excluding hydrogens is 620 g/mol. The van der Waals surface area contributed by atoms with Crippen molar-refractivity contribution in [3.63, 3.8) is 0 Å². The molecule has 1 heterocycles. The number of carbonyl (C=O) groups is 2. The van der Waals surface area contributed by atoms with Gasteiger partial charge in [0.1, 0.15) is 11.6 Å². The molecule has 0 aliphatic carbocycles. The van der Waals surface area contributed by atoms with Crippen molar-refractivity contribution in [2.24, 2.45) is 0 Å². The van der Waals surface area contributed by atoms with Gasteiger partial charge in [0.05, 0.1) is 37.2 Å². The van der Waals surface area contributed by atoms with Crippen LogP contribution in [0.3, 0.4) is 0 Å². The summed E-state index contributed by atoms with van der Waals surface area (Å²) in [4.78, 5) is 35.3. The van der Waals surface area contributed by atoms with Crippen LogP contribution in [0.4, 0.5) is 5.69 Å². The number of anilines is 1. The van der Waals surface area contributed by atoms with Gasteiger partial charge in [-0.05, 0) is 67.8 Å². The summed E-state index contributed by atoms with van der Waals surface area (Å²) in [7, 11) is -2.13. The quantitative estimate of drug-likeness (QED) is 0.121. The average Bonchev–Trinajstić information content (AvgIpc) is 3.07. The van der Waals surface area contributed by atoms with Crippen molar-refractivity contribution < 1.29 is 27.9 Å². The number of aliphatic hydroxyl groups is 1. The SMILES string of the molecule is CCS(=O)(=O)Nc1cc(C(=O)NCc2nccc(C)n2)cc(C(=O)N[C@@H](Cc2ccccc2)[C@H](O)CNCc2cccc(OC)c2)c1. The van der Waals surface area contributed by atoms with E-state index in [0.29, 0.717) is 18.8 Å². The standard InChI is InChI=1S/C34H40N6O6S/c1-4-47(44,45)40-28-18-26(33(42)37-22-32-36-14-13-23(2)38-32)17-27(19-28)34(43)39-30(16-24-9-6-5-7-10-24)31(41)21-35-20-25-11-8-12-29(15-25)46-3/h5-15,17-19,30-31,35,40-41H,4,16,20-22H2,1-3H3,(H,37,42)(H,39,43)/t30-,31+/m0/s1. The molecule has 0 aliphatic rings. The van der Waals surface area contributed by atoms with Crippen LogP contribution in [0.1, 0.15) is 50.3 Å². The van der Waals surface area contributed by atoms with E-state index in [4.69, 9.17) is 4.74 Å². The average molecular weight is 661 g/mol. The van der Waals surface area contributed by atoms with Crippen LogP contribution >= 0.6 is 0 Å². The van der Waals surface area contributed by atoms with Gasteiger partial charge in [-0.2, -0.15) is 0 Å². The van der Waals surface area contributed by atoms with E-state index in [0.717, 1.165) is 22.6 Å².